The van der Waals surface area contributed by atoms with Gasteiger partial charge in [-0.3, -0.25) is 4.98 Å². The molecule has 0 amide bonds. The maximum absolute atomic E-state index is 13.0. The largest absolute Gasteiger partial charge is 0.457 e. The summed E-state index contributed by atoms with van der Waals surface area (Å²) in [5.74, 6) is 0.675. The summed E-state index contributed by atoms with van der Waals surface area (Å²) >= 11 is 5.70. The van der Waals surface area contributed by atoms with E-state index in [4.69, 9.17) is 16.3 Å². The van der Waals surface area contributed by atoms with E-state index in [-0.39, 0.29) is 5.02 Å². The Balaban J connectivity index is 2.11. The molecule has 0 aliphatic carbocycles. The predicted molar refractivity (Wildman–Crippen MR) is 73.1 cm³/mol. The molecule has 0 radical (unpaired) electrons. The average molecular weight is 281 g/mol. The van der Waals surface area contributed by atoms with Gasteiger partial charge in [0.05, 0.1) is 10.7 Å². The van der Waals surface area contributed by atoms with Crippen LogP contribution in [0.4, 0.5) is 4.39 Å². The van der Waals surface area contributed by atoms with Gasteiger partial charge in [-0.1, -0.05) is 18.5 Å². The van der Waals surface area contributed by atoms with E-state index in [1.165, 1.54) is 18.2 Å². The second-order valence-corrected chi connectivity index (χ2v) is 4.35. The van der Waals surface area contributed by atoms with Gasteiger partial charge in [-0.15, -0.1) is 0 Å². The highest BCUT2D eigenvalue weighted by molar-refractivity contribution is 6.30. The van der Waals surface area contributed by atoms with Gasteiger partial charge in [-0.2, -0.15) is 0 Å². The molecular weight excluding hydrogens is 267 g/mol. The molecule has 5 heteroatoms. The van der Waals surface area contributed by atoms with E-state index in [1.807, 2.05) is 13.0 Å². The summed E-state index contributed by atoms with van der Waals surface area (Å²) in [6.45, 7) is 3.58. The molecule has 2 rings (SSSR count). The molecule has 0 unspecified atom stereocenters. The summed E-state index contributed by atoms with van der Waals surface area (Å²) in [5, 5.41) is 3.22. The molecule has 1 N–H and O–H groups in total. The van der Waals surface area contributed by atoms with Crippen LogP contribution in [0.25, 0.3) is 0 Å². The van der Waals surface area contributed by atoms with Gasteiger partial charge < -0.3 is 10.1 Å². The van der Waals surface area contributed by atoms with Crippen LogP contribution in [-0.4, -0.2) is 11.5 Å². The average Bonchev–Trinajstić information content (AvgIpc) is 2.41. The third-order valence-electron chi connectivity index (χ3n) is 2.47. The molecule has 0 spiro atoms. The molecule has 100 valence electrons. The number of halogens is 2. The first-order valence-electron chi connectivity index (χ1n) is 5.97. The third kappa shape index (κ3) is 3.91. The zero-order valence-corrected chi connectivity index (χ0v) is 11.2. The van der Waals surface area contributed by atoms with Gasteiger partial charge in [0, 0.05) is 24.9 Å². The van der Waals surface area contributed by atoms with Crippen LogP contribution >= 0.6 is 11.6 Å². The molecular formula is C14H14ClFN2O. The Hall–Kier alpha value is -1.65. The summed E-state index contributed by atoms with van der Waals surface area (Å²) < 4.78 is 18.7. The van der Waals surface area contributed by atoms with Crippen molar-refractivity contribution in [3.8, 4) is 11.5 Å². The monoisotopic (exact) mass is 280 g/mol. The Bertz CT molecular complexity index is 563. The molecule has 0 aliphatic rings. The van der Waals surface area contributed by atoms with Gasteiger partial charge >= 0.3 is 0 Å². The minimum absolute atomic E-state index is 0.0411. The van der Waals surface area contributed by atoms with E-state index in [2.05, 4.69) is 10.3 Å². The van der Waals surface area contributed by atoms with Crippen LogP contribution in [0.3, 0.4) is 0 Å². The molecule has 0 bridgehead atoms. The SMILES string of the molecule is CCNCc1cc(Oc2ccc(F)c(Cl)c2)ccn1. The molecule has 1 aromatic carbocycles. The topological polar surface area (TPSA) is 34.1 Å². The van der Waals surface area contributed by atoms with Crippen molar-refractivity contribution in [2.45, 2.75) is 13.5 Å². The minimum atomic E-state index is -0.462. The molecule has 0 aliphatic heterocycles. The smallest absolute Gasteiger partial charge is 0.142 e. The number of ether oxygens (including phenoxy) is 1. The maximum atomic E-state index is 13.0. The zero-order valence-electron chi connectivity index (χ0n) is 10.5. The van der Waals surface area contributed by atoms with E-state index < -0.39 is 5.82 Å². The highest BCUT2D eigenvalue weighted by atomic mass is 35.5. The van der Waals surface area contributed by atoms with Crippen LogP contribution in [-0.2, 0) is 6.54 Å². The molecule has 0 saturated heterocycles. The van der Waals surface area contributed by atoms with Crippen LogP contribution in [0.5, 0.6) is 11.5 Å². The fraction of sp³-hybridized carbons (Fsp3) is 0.214. The van der Waals surface area contributed by atoms with Gasteiger partial charge in [-0.25, -0.2) is 4.39 Å². The Kier molecular flexibility index (Phi) is 4.71. The zero-order chi connectivity index (χ0) is 13.7. The standard InChI is InChI=1S/C14H14ClFN2O/c1-2-17-9-10-7-12(5-6-18-10)19-11-3-4-14(16)13(15)8-11/h3-8,17H,2,9H2,1H3. The lowest BCUT2D eigenvalue weighted by Gasteiger charge is -2.08. The Labute approximate surface area is 116 Å². The van der Waals surface area contributed by atoms with Crippen molar-refractivity contribution in [1.29, 1.82) is 0 Å². The molecule has 3 nitrogen and oxygen atoms in total. The van der Waals surface area contributed by atoms with Crippen LogP contribution in [0.15, 0.2) is 36.5 Å². The Morgan fingerprint density at radius 1 is 1.26 bits per heavy atom. The second-order valence-electron chi connectivity index (χ2n) is 3.94. The molecule has 1 aromatic heterocycles. The van der Waals surface area contributed by atoms with E-state index in [0.29, 0.717) is 18.0 Å². The van der Waals surface area contributed by atoms with E-state index in [9.17, 15) is 4.39 Å². The van der Waals surface area contributed by atoms with Crippen molar-refractivity contribution in [2.75, 3.05) is 6.54 Å². The predicted octanol–water partition coefficient (Wildman–Crippen LogP) is 3.78. The van der Waals surface area contributed by atoms with Crippen molar-refractivity contribution in [1.82, 2.24) is 10.3 Å². The summed E-state index contributed by atoms with van der Waals surface area (Å²) in [6, 6.07) is 7.83. The fourth-order valence-corrected chi connectivity index (χ4v) is 1.72. The molecule has 2 aromatic rings. The number of benzene rings is 1. The molecule has 0 atom stereocenters. The Morgan fingerprint density at radius 3 is 2.79 bits per heavy atom. The van der Waals surface area contributed by atoms with Crippen molar-refractivity contribution >= 4 is 11.6 Å². The van der Waals surface area contributed by atoms with Crippen LogP contribution < -0.4 is 10.1 Å². The Morgan fingerprint density at radius 2 is 2.05 bits per heavy atom. The number of nitrogens with one attached hydrogen (secondary N) is 1. The molecule has 0 saturated carbocycles. The number of pyridine rings is 1. The maximum Gasteiger partial charge on any atom is 0.142 e. The van der Waals surface area contributed by atoms with E-state index in [0.717, 1.165) is 12.2 Å². The number of aromatic nitrogens is 1. The first-order valence-corrected chi connectivity index (χ1v) is 6.35. The van der Waals surface area contributed by atoms with Crippen LogP contribution in [0.2, 0.25) is 5.02 Å². The van der Waals surface area contributed by atoms with Gasteiger partial charge in [0.25, 0.3) is 0 Å². The lowest BCUT2D eigenvalue weighted by atomic mass is 10.3. The van der Waals surface area contributed by atoms with Gasteiger partial charge in [0.1, 0.15) is 17.3 Å². The summed E-state index contributed by atoms with van der Waals surface area (Å²) in [5.41, 5.74) is 0.882. The second kappa shape index (κ2) is 6.50. The number of hydrogen-bond donors (Lipinski definition) is 1. The number of hydrogen-bond acceptors (Lipinski definition) is 3. The third-order valence-corrected chi connectivity index (χ3v) is 2.76. The molecule has 0 fully saturated rings. The fourth-order valence-electron chi connectivity index (χ4n) is 1.55. The number of rotatable bonds is 5. The quantitative estimate of drug-likeness (QED) is 0.905. The van der Waals surface area contributed by atoms with Gasteiger partial charge in [0.2, 0.25) is 0 Å². The lowest BCUT2D eigenvalue weighted by molar-refractivity contribution is 0.478. The van der Waals surface area contributed by atoms with Crippen molar-refractivity contribution in [3.05, 3.63) is 53.1 Å². The van der Waals surface area contributed by atoms with Crippen molar-refractivity contribution in [2.24, 2.45) is 0 Å². The first kappa shape index (κ1) is 13.8. The van der Waals surface area contributed by atoms with Gasteiger partial charge in [-0.05, 0) is 24.7 Å². The summed E-state index contributed by atoms with van der Waals surface area (Å²) in [6.07, 6.45) is 1.67. The highest BCUT2D eigenvalue weighted by Gasteiger charge is 2.04. The first-order chi connectivity index (χ1) is 9.19. The van der Waals surface area contributed by atoms with E-state index in [1.54, 1.807) is 12.3 Å². The van der Waals surface area contributed by atoms with Crippen molar-refractivity contribution < 1.29 is 9.13 Å². The van der Waals surface area contributed by atoms with Gasteiger partial charge in [0.15, 0.2) is 0 Å². The highest BCUT2D eigenvalue weighted by Crippen LogP contribution is 2.26. The number of nitrogens with zero attached hydrogens (tertiary/aromatic N) is 1. The molecule has 1 heterocycles. The normalized spacial score (nSPS) is 10.5. The summed E-state index contributed by atoms with van der Waals surface area (Å²) in [4.78, 5) is 4.22. The lowest BCUT2D eigenvalue weighted by Crippen LogP contribution is -2.12. The van der Waals surface area contributed by atoms with Crippen molar-refractivity contribution in [3.63, 3.8) is 0 Å². The van der Waals surface area contributed by atoms with Crippen LogP contribution in [0.1, 0.15) is 12.6 Å². The van der Waals surface area contributed by atoms with E-state index >= 15 is 0 Å². The van der Waals surface area contributed by atoms with Crippen LogP contribution in [0, 0.1) is 5.82 Å². The summed E-state index contributed by atoms with van der Waals surface area (Å²) in [7, 11) is 0. The molecule has 19 heavy (non-hydrogen) atoms. The minimum Gasteiger partial charge on any atom is -0.457 e.